The lowest BCUT2D eigenvalue weighted by Gasteiger charge is -2.35. The highest BCUT2D eigenvalue weighted by atomic mass is 28.3. The fraction of sp³-hybridized carbons (Fsp3) is 0. The van der Waals surface area contributed by atoms with Gasteiger partial charge in [0.25, 0.3) is 0 Å². The molecule has 0 N–H and O–H groups in total. The smallest absolute Gasteiger partial charge is 0.179 e. The van der Waals surface area contributed by atoms with Crippen molar-refractivity contribution in [2.75, 3.05) is 4.90 Å². The molecule has 0 saturated carbocycles. The molecular weight excluding hydrogens is 921 g/mol. The minimum Gasteiger partial charge on any atom is -0.310 e. The summed E-state index contributed by atoms with van der Waals surface area (Å²) < 4.78 is 2.40. The number of anilines is 3. The normalized spacial score (nSPS) is 11.5. The van der Waals surface area contributed by atoms with Crippen molar-refractivity contribution in [3.8, 4) is 50.2 Å². The van der Waals surface area contributed by atoms with Gasteiger partial charge in [-0.15, -0.1) is 0 Å². The summed E-state index contributed by atoms with van der Waals surface area (Å²) in [5.41, 5.74) is 16.2. The molecule has 0 radical (unpaired) electrons. The van der Waals surface area contributed by atoms with Crippen molar-refractivity contribution < 1.29 is 0 Å². The van der Waals surface area contributed by atoms with E-state index in [4.69, 9.17) is 0 Å². The Morgan fingerprint density at radius 1 is 0.253 bits per heavy atom. The molecule has 1 aromatic heterocycles. The van der Waals surface area contributed by atoms with Crippen LogP contribution < -0.4 is 25.6 Å². The second-order valence-corrected chi connectivity index (χ2v) is 23.0. The predicted molar refractivity (Wildman–Crippen MR) is 321 cm³/mol. The molecule has 0 bridgehead atoms. The molecule has 2 nitrogen and oxygen atoms in total. The fourth-order valence-electron chi connectivity index (χ4n) is 11.6. The summed E-state index contributed by atoms with van der Waals surface area (Å²) in [5.74, 6) is 0. The zero-order chi connectivity index (χ0) is 50.0. The van der Waals surface area contributed by atoms with Crippen molar-refractivity contribution in [3.05, 3.63) is 315 Å². The van der Waals surface area contributed by atoms with E-state index in [2.05, 4.69) is 325 Å². The lowest BCUT2D eigenvalue weighted by Crippen LogP contribution is -2.74. The summed E-state index contributed by atoms with van der Waals surface area (Å²) in [5, 5.41) is 7.85. The van der Waals surface area contributed by atoms with Crippen LogP contribution in [0, 0.1) is 0 Å². The van der Waals surface area contributed by atoms with Gasteiger partial charge >= 0.3 is 0 Å². The first-order valence-corrected chi connectivity index (χ1v) is 27.8. The Morgan fingerprint density at radius 2 is 0.707 bits per heavy atom. The third-order valence-corrected chi connectivity index (χ3v) is 19.8. The van der Waals surface area contributed by atoms with Gasteiger partial charge in [-0.25, -0.2) is 0 Å². The standard InChI is InChI=1S/C72H52N2Si/c1-7-23-53(24-8-1)56-43-50-66(69(52-56)54-25-9-2-10-26-54)55-41-44-59(45-42-55)73(60-46-48-65(49-47-60)75(62-31-13-4-14-32-62,63-33-15-5-16-34-63)64-35-17-6-18-36-64)61-30-21-27-57(51-61)67-38-22-40-71-72(67)68-37-19-20-39-70(68)74(71)58-28-11-3-12-29-58/h1-52H. The van der Waals surface area contributed by atoms with E-state index in [0.717, 1.165) is 33.9 Å². The van der Waals surface area contributed by atoms with Gasteiger partial charge in [0.05, 0.1) is 11.0 Å². The maximum atomic E-state index is 2.43. The molecule has 0 atom stereocenters. The highest BCUT2D eigenvalue weighted by molar-refractivity contribution is 7.19. The van der Waals surface area contributed by atoms with Gasteiger partial charge in [-0.3, -0.25) is 0 Å². The van der Waals surface area contributed by atoms with Crippen LogP contribution in [0.2, 0.25) is 0 Å². The number of nitrogens with zero attached hydrogens (tertiary/aromatic N) is 2. The molecular formula is C72H52N2Si. The summed E-state index contributed by atoms with van der Waals surface area (Å²) in [4.78, 5) is 2.43. The molecule has 0 aliphatic rings. The molecule has 13 aromatic rings. The van der Waals surface area contributed by atoms with Crippen LogP contribution in [0.5, 0.6) is 0 Å². The van der Waals surface area contributed by atoms with Crippen molar-refractivity contribution in [2.24, 2.45) is 0 Å². The number of rotatable bonds is 12. The average Bonchev–Trinajstić information content (AvgIpc) is 3.84. The SMILES string of the molecule is c1ccc(-c2ccc(-c3ccc(N(c4ccc([Si](c5ccccc5)(c5ccccc5)c5ccccc5)cc4)c4cccc(-c5cccc6c5c5ccccc5n6-c5ccccc5)c4)cc3)c(-c3ccccc3)c2)cc1. The highest BCUT2D eigenvalue weighted by Gasteiger charge is 2.41. The zero-order valence-corrected chi connectivity index (χ0v) is 42.4. The van der Waals surface area contributed by atoms with Crippen LogP contribution >= 0.6 is 0 Å². The zero-order valence-electron chi connectivity index (χ0n) is 41.4. The molecule has 13 rings (SSSR count). The minimum absolute atomic E-state index is 1.07. The highest BCUT2D eigenvalue weighted by Crippen LogP contribution is 2.43. The van der Waals surface area contributed by atoms with Crippen LogP contribution in [0.4, 0.5) is 17.1 Å². The fourth-order valence-corrected chi connectivity index (χ4v) is 16.3. The van der Waals surface area contributed by atoms with Gasteiger partial charge in [-0.2, -0.15) is 0 Å². The van der Waals surface area contributed by atoms with E-state index >= 15 is 0 Å². The van der Waals surface area contributed by atoms with Gasteiger partial charge in [0.1, 0.15) is 0 Å². The summed E-state index contributed by atoms with van der Waals surface area (Å²) in [6.45, 7) is 0. The first-order valence-electron chi connectivity index (χ1n) is 25.8. The van der Waals surface area contributed by atoms with E-state index in [1.807, 2.05) is 0 Å². The Hall–Kier alpha value is -9.54. The lowest BCUT2D eigenvalue weighted by atomic mass is 9.91. The number of aromatic nitrogens is 1. The van der Waals surface area contributed by atoms with Gasteiger partial charge < -0.3 is 9.47 Å². The third kappa shape index (κ3) is 8.26. The molecule has 12 aromatic carbocycles. The molecule has 1 heterocycles. The van der Waals surface area contributed by atoms with Crippen LogP contribution in [0.25, 0.3) is 72.0 Å². The maximum Gasteiger partial charge on any atom is 0.179 e. The molecule has 3 heteroatoms. The number of hydrogen-bond acceptors (Lipinski definition) is 1. The van der Waals surface area contributed by atoms with Crippen LogP contribution in [0.3, 0.4) is 0 Å². The molecule has 354 valence electrons. The summed E-state index contributed by atoms with van der Waals surface area (Å²) >= 11 is 0. The molecule has 75 heavy (non-hydrogen) atoms. The van der Waals surface area contributed by atoms with Crippen LogP contribution in [-0.2, 0) is 0 Å². The number of para-hydroxylation sites is 2. The molecule has 0 spiro atoms. The van der Waals surface area contributed by atoms with Crippen molar-refractivity contribution in [1.29, 1.82) is 0 Å². The van der Waals surface area contributed by atoms with Gasteiger partial charge in [-0.1, -0.05) is 249 Å². The summed E-state index contributed by atoms with van der Waals surface area (Å²) in [6.07, 6.45) is 0. The van der Waals surface area contributed by atoms with Gasteiger partial charge in [0, 0.05) is 33.5 Å². The quantitative estimate of drug-likeness (QED) is 0.0875. The Labute approximate surface area is 440 Å². The molecule has 0 amide bonds. The second-order valence-electron chi connectivity index (χ2n) is 19.2. The largest absolute Gasteiger partial charge is 0.310 e. The van der Waals surface area contributed by atoms with Crippen LogP contribution in [0.1, 0.15) is 0 Å². The molecule has 0 fully saturated rings. The molecule has 0 saturated heterocycles. The summed E-state index contributed by atoms with van der Waals surface area (Å²) in [7, 11) is -2.77. The Morgan fingerprint density at radius 3 is 1.32 bits per heavy atom. The van der Waals surface area contributed by atoms with Crippen molar-refractivity contribution in [1.82, 2.24) is 4.57 Å². The van der Waals surface area contributed by atoms with Crippen molar-refractivity contribution in [3.63, 3.8) is 0 Å². The van der Waals surface area contributed by atoms with Crippen LogP contribution in [-0.4, -0.2) is 12.6 Å². The Bertz CT molecular complexity index is 3970. The number of benzene rings is 12. The Kier molecular flexibility index (Phi) is 12.0. The van der Waals surface area contributed by atoms with E-state index in [1.54, 1.807) is 0 Å². The van der Waals surface area contributed by atoms with E-state index in [1.165, 1.54) is 75.9 Å². The monoisotopic (exact) mass is 972 g/mol. The Balaban J connectivity index is 0.979. The third-order valence-electron chi connectivity index (χ3n) is 15.0. The number of hydrogen-bond donors (Lipinski definition) is 0. The molecule has 0 aliphatic heterocycles. The van der Waals surface area contributed by atoms with Gasteiger partial charge in [0.15, 0.2) is 8.07 Å². The first-order chi connectivity index (χ1) is 37.2. The van der Waals surface area contributed by atoms with E-state index in [9.17, 15) is 0 Å². The average molecular weight is 973 g/mol. The topological polar surface area (TPSA) is 8.17 Å². The van der Waals surface area contributed by atoms with E-state index in [0.29, 0.717) is 0 Å². The van der Waals surface area contributed by atoms with Crippen molar-refractivity contribution >= 4 is 67.7 Å². The maximum absolute atomic E-state index is 2.77. The number of fused-ring (bicyclic) bond motifs is 3. The van der Waals surface area contributed by atoms with Gasteiger partial charge in [0.2, 0.25) is 0 Å². The summed E-state index contributed by atoms with van der Waals surface area (Å²) in [6, 6.07) is 116. The minimum atomic E-state index is -2.77. The first kappa shape index (κ1) is 45.3. The molecule has 0 aliphatic carbocycles. The second kappa shape index (κ2) is 19.8. The van der Waals surface area contributed by atoms with E-state index < -0.39 is 8.07 Å². The van der Waals surface area contributed by atoms with Crippen molar-refractivity contribution in [2.45, 2.75) is 0 Å². The predicted octanol–water partition coefficient (Wildman–Crippen LogP) is 16.3. The van der Waals surface area contributed by atoms with Crippen LogP contribution in [0.15, 0.2) is 315 Å². The lowest BCUT2D eigenvalue weighted by molar-refractivity contribution is 1.18. The molecule has 0 unspecified atom stereocenters. The van der Waals surface area contributed by atoms with Gasteiger partial charge in [-0.05, 0) is 132 Å². The van der Waals surface area contributed by atoms with E-state index in [-0.39, 0.29) is 0 Å².